The molecular formula is C73H133NO10. The zero-order valence-corrected chi connectivity index (χ0v) is 54.5. The van der Waals surface area contributed by atoms with Crippen molar-refractivity contribution in [3.8, 4) is 0 Å². The first-order chi connectivity index (χ1) is 41.2. The summed E-state index contributed by atoms with van der Waals surface area (Å²) >= 11 is 0. The minimum absolute atomic E-state index is 0.120. The summed E-state index contributed by atoms with van der Waals surface area (Å²) in [6, 6.07) is -1.02. The van der Waals surface area contributed by atoms with Gasteiger partial charge >= 0.3 is 5.97 Å². The SMILES string of the molecule is CCCCC/C=C\C/C=C\C/C=C\C/C=C\CCCCCCCCCCCCCC(=O)OC1C(OCC(NC(=O)C(O)CCCCCCCCCCCCCCCCCC)C(O)/C=C/CCCCCCCCCCCC)OC(CO)C(O)C1O. The Hall–Kier alpha value is -2.64. The fourth-order valence-electron chi connectivity index (χ4n) is 11.0. The highest BCUT2D eigenvalue weighted by Gasteiger charge is 2.47. The Bertz CT molecular complexity index is 1600. The van der Waals surface area contributed by atoms with E-state index >= 15 is 0 Å². The van der Waals surface area contributed by atoms with Crippen LogP contribution in [0.15, 0.2) is 60.8 Å². The second-order valence-corrected chi connectivity index (χ2v) is 24.6. The molecule has 11 nitrogen and oxygen atoms in total. The van der Waals surface area contributed by atoms with Crippen LogP contribution in [0.3, 0.4) is 0 Å². The van der Waals surface area contributed by atoms with Crippen molar-refractivity contribution in [3.05, 3.63) is 60.8 Å². The highest BCUT2D eigenvalue weighted by Crippen LogP contribution is 2.26. The van der Waals surface area contributed by atoms with E-state index in [1.165, 1.54) is 199 Å². The lowest BCUT2D eigenvalue weighted by molar-refractivity contribution is -0.305. The zero-order chi connectivity index (χ0) is 61.0. The molecule has 1 heterocycles. The summed E-state index contributed by atoms with van der Waals surface area (Å²) in [5.41, 5.74) is 0. The second-order valence-electron chi connectivity index (χ2n) is 24.6. The molecule has 1 amide bonds. The first-order valence-corrected chi connectivity index (χ1v) is 35.6. The molecule has 1 saturated heterocycles. The maximum absolute atomic E-state index is 13.5. The molecule has 0 bridgehead atoms. The van der Waals surface area contributed by atoms with Gasteiger partial charge in [-0.15, -0.1) is 0 Å². The van der Waals surface area contributed by atoms with Gasteiger partial charge in [-0.3, -0.25) is 9.59 Å². The van der Waals surface area contributed by atoms with Crippen LogP contribution in [0.1, 0.15) is 329 Å². The Morgan fingerprint density at radius 2 is 0.821 bits per heavy atom. The van der Waals surface area contributed by atoms with E-state index in [4.69, 9.17) is 14.2 Å². The molecule has 490 valence electrons. The van der Waals surface area contributed by atoms with Crippen molar-refractivity contribution >= 4 is 11.9 Å². The molecule has 1 fully saturated rings. The molecule has 0 saturated carbocycles. The zero-order valence-electron chi connectivity index (χ0n) is 54.5. The van der Waals surface area contributed by atoms with Crippen LogP contribution in [-0.2, 0) is 23.8 Å². The Morgan fingerprint density at radius 1 is 0.464 bits per heavy atom. The summed E-state index contributed by atoms with van der Waals surface area (Å²) in [7, 11) is 0. The molecule has 0 spiro atoms. The van der Waals surface area contributed by atoms with Crippen molar-refractivity contribution in [2.24, 2.45) is 0 Å². The Morgan fingerprint density at radius 3 is 1.25 bits per heavy atom. The molecule has 84 heavy (non-hydrogen) atoms. The molecule has 1 aliphatic rings. The quantitative estimate of drug-likeness (QED) is 0.0195. The van der Waals surface area contributed by atoms with E-state index in [1.54, 1.807) is 6.08 Å². The molecule has 8 unspecified atom stereocenters. The van der Waals surface area contributed by atoms with Crippen molar-refractivity contribution in [2.75, 3.05) is 13.2 Å². The fourth-order valence-corrected chi connectivity index (χ4v) is 11.0. The molecule has 11 heteroatoms. The standard InChI is InChI=1S/C73H133NO10/c1-4-7-10-13-16-19-22-25-27-29-30-31-32-33-34-35-36-37-38-39-41-43-46-49-52-55-58-61-68(78)84-71-70(80)69(79)67(62-75)83-73(71)82-63-64(65(76)59-56-53-50-47-44-24-21-18-15-12-9-6-3)74-72(81)66(77)60-57-54-51-48-45-42-40-28-26-23-20-17-14-11-8-5-2/h16,19,25,27,30-31,33-34,56,59,64-67,69-71,73,75-77,79-80H,4-15,17-18,20-24,26,28-29,32,35-55,57-58,60-63H2,1-3H3,(H,74,81)/b19-16-,27-25-,31-30-,34-33-,59-56+. The highest BCUT2D eigenvalue weighted by atomic mass is 16.7. The smallest absolute Gasteiger partial charge is 0.306 e. The second kappa shape index (κ2) is 60.6. The number of hydrogen-bond acceptors (Lipinski definition) is 10. The van der Waals surface area contributed by atoms with Crippen molar-refractivity contribution < 1.29 is 49.3 Å². The summed E-state index contributed by atoms with van der Waals surface area (Å²) in [5.74, 6) is -1.19. The van der Waals surface area contributed by atoms with Gasteiger partial charge in [0.15, 0.2) is 12.4 Å². The van der Waals surface area contributed by atoms with Crippen molar-refractivity contribution in [1.29, 1.82) is 0 Å². The first kappa shape index (κ1) is 79.4. The molecule has 8 atom stereocenters. The Kier molecular flexibility index (Phi) is 57.3. The van der Waals surface area contributed by atoms with Gasteiger partial charge in [-0.1, -0.05) is 313 Å². The molecule has 0 aliphatic carbocycles. The van der Waals surface area contributed by atoms with E-state index in [2.05, 4.69) is 74.7 Å². The van der Waals surface area contributed by atoms with Crippen LogP contribution < -0.4 is 5.32 Å². The van der Waals surface area contributed by atoms with Crippen LogP contribution in [0.4, 0.5) is 0 Å². The number of carbonyl (C=O) groups excluding carboxylic acids is 2. The summed E-state index contributed by atoms with van der Waals surface area (Å²) < 4.78 is 17.7. The largest absolute Gasteiger partial charge is 0.454 e. The number of allylic oxidation sites excluding steroid dienone is 9. The van der Waals surface area contributed by atoms with Gasteiger partial charge in [0.2, 0.25) is 5.91 Å². The summed E-state index contributed by atoms with van der Waals surface area (Å²) in [6.45, 7) is 5.80. The monoisotopic (exact) mass is 1180 g/mol. The molecule has 0 aromatic heterocycles. The van der Waals surface area contributed by atoms with Crippen LogP contribution in [0.25, 0.3) is 0 Å². The van der Waals surface area contributed by atoms with E-state index in [1.807, 2.05) is 6.08 Å². The van der Waals surface area contributed by atoms with E-state index < -0.39 is 67.4 Å². The van der Waals surface area contributed by atoms with Crippen LogP contribution >= 0.6 is 0 Å². The van der Waals surface area contributed by atoms with Crippen molar-refractivity contribution in [3.63, 3.8) is 0 Å². The average molecular weight is 1180 g/mol. The molecule has 0 aromatic carbocycles. The number of aliphatic hydroxyl groups excluding tert-OH is 5. The van der Waals surface area contributed by atoms with Gasteiger partial charge in [0, 0.05) is 6.42 Å². The van der Waals surface area contributed by atoms with Gasteiger partial charge in [0.25, 0.3) is 0 Å². The number of nitrogens with one attached hydrogen (secondary N) is 1. The first-order valence-electron chi connectivity index (χ1n) is 35.6. The third-order valence-electron chi connectivity index (χ3n) is 16.7. The lowest BCUT2D eigenvalue weighted by atomic mass is 9.99. The number of amides is 1. The summed E-state index contributed by atoms with van der Waals surface area (Å²) in [4.78, 5) is 26.7. The molecular weight excluding hydrogens is 1050 g/mol. The molecule has 1 rings (SSSR count). The predicted molar refractivity (Wildman–Crippen MR) is 352 cm³/mol. The van der Waals surface area contributed by atoms with Crippen molar-refractivity contribution in [2.45, 2.75) is 378 Å². The molecule has 0 aromatic rings. The van der Waals surface area contributed by atoms with Crippen LogP contribution in [0.2, 0.25) is 0 Å². The van der Waals surface area contributed by atoms with E-state index in [0.29, 0.717) is 19.3 Å². The van der Waals surface area contributed by atoms with Crippen LogP contribution in [0, 0.1) is 0 Å². The fraction of sp³-hybridized carbons (Fsp3) is 0.836. The number of unbranched alkanes of at least 4 members (excludes halogenated alkanes) is 39. The average Bonchev–Trinajstić information content (AvgIpc) is 3.69. The Labute approximate surface area is 516 Å². The topological polar surface area (TPSA) is 175 Å². The van der Waals surface area contributed by atoms with E-state index in [-0.39, 0.29) is 13.0 Å². The minimum atomic E-state index is -1.62. The molecule has 0 radical (unpaired) electrons. The Balaban J connectivity index is 2.55. The van der Waals surface area contributed by atoms with Gasteiger partial charge in [0.1, 0.15) is 24.4 Å². The normalized spacial score (nSPS) is 18.8. The lowest BCUT2D eigenvalue weighted by Crippen LogP contribution is -2.61. The number of rotatable bonds is 61. The number of esters is 1. The van der Waals surface area contributed by atoms with Crippen molar-refractivity contribution in [1.82, 2.24) is 5.32 Å². The third kappa shape index (κ3) is 47.4. The minimum Gasteiger partial charge on any atom is -0.454 e. The summed E-state index contributed by atoms with van der Waals surface area (Å²) in [6.07, 6.45) is 66.9. The number of carbonyl (C=O) groups is 2. The number of hydrogen-bond donors (Lipinski definition) is 6. The maximum Gasteiger partial charge on any atom is 0.306 e. The summed E-state index contributed by atoms with van der Waals surface area (Å²) in [5, 5.41) is 57.2. The van der Waals surface area contributed by atoms with E-state index in [0.717, 1.165) is 83.5 Å². The van der Waals surface area contributed by atoms with Crippen LogP contribution in [-0.4, -0.2) is 99.6 Å². The predicted octanol–water partition coefficient (Wildman–Crippen LogP) is 18.1. The van der Waals surface area contributed by atoms with E-state index in [9.17, 15) is 35.1 Å². The lowest BCUT2D eigenvalue weighted by Gasteiger charge is -2.41. The maximum atomic E-state index is 13.5. The van der Waals surface area contributed by atoms with Gasteiger partial charge in [-0.2, -0.15) is 0 Å². The van der Waals surface area contributed by atoms with Crippen LogP contribution in [0.5, 0.6) is 0 Å². The highest BCUT2D eigenvalue weighted by molar-refractivity contribution is 5.80. The third-order valence-corrected chi connectivity index (χ3v) is 16.7. The molecule has 1 aliphatic heterocycles. The number of aliphatic hydroxyl groups is 5. The molecule has 6 N–H and O–H groups in total. The van der Waals surface area contributed by atoms with Gasteiger partial charge in [0.05, 0.1) is 25.4 Å². The number of ether oxygens (including phenoxy) is 3. The van der Waals surface area contributed by atoms with Gasteiger partial charge in [-0.25, -0.2) is 0 Å². The van der Waals surface area contributed by atoms with Gasteiger partial charge < -0.3 is 45.1 Å². The van der Waals surface area contributed by atoms with Gasteiger partial charge in [-0.05, 0) is 70.6 Å².